The van der Waals surface area contributed by atoms with Gasteiger partial charge in [0.15, 0.2) is 0 Å². The standard InChI is InChI=1S/C16H14O3/c1-10-6-7-14-13(8-10)15(16(17)18)12-5-3-2-4-11(12)9-19-14/h2-8,15H,9H2,1H3,(H,17,18)/t15-/m1/s1. The van der Waals surface area contributed by atoms with Crippen molar-refractivity contribution in [3.8, 4) is 5.75 Å². The molecule has 0 saturated heterocycles. The molecule has 0 spiro atoms. The number of fused-ring (bicyclic) bond motifs is 2. The van der Waals surface area contributed by atoms with E-state index in [-0.39, 0.29) is 0 Å². The van der Waals surface area contributed by atoms with Crippen molar-refractivity contribution in [2.75, 3.05) is 0 Å². The average molecular weight is 254 g/mol. The van der Waals surface area contributed by atoms with Crippen LogP contribution in [0.2, 0.25) is 0 Å². The molecule has 1 heterocycles. The van der Waals surface area contributed by atoms with E-state index < -0.39 is 11.9 Å². The molecule has 1 atom stereocenters. The molecule has 3 heteroatoms. The van der Waals surface area contributed by atoms with Gasteiger partial charge >= 0.3 is 5.97 Å². The van der Waals surface area contributed by atoms with Crippen LogP contribution in [0.15, 0.2) is 42.5 Å². The van der Waals surface area contributed by atoms with E-state index in [0.717, 1.165) is 22.3 Å². The number of rotatable bonds is 1. The number of benzene rings is 2. The maximum atomic E-state index is 11.7. The Hall–Kier alpha value is -2.29. The molecule has 1 aliphatic heterocycles. The Bertz CT molecular complexity index is 646. The van der Waals surface area contributed by atoms with Gasteiger partial charge in [0.05, 0.1) is 0 Å². The number of hydrogen-bond acceptors (Lipinski definition) is 2. The topological polar surface area (TPSA) is 46.5 Å². The van der Waals surface area contributed by atoms with Gasteiger partial charge in [0.25, 0.3) is 0 Å². The summed E-state index contributed by atoms with van der Waals surface area (Å²) >= 11 is 0. The van der Waals surface area contributed by atoms with Crippen molar-refractivity contribution in [1.29, 1.82) is 0 Å². The predicted octanol–water partition coefficient (Wildman–Crippen LogP) is 3.10. The molecule has 2 aromatic carbocycles. The van der Waals surface area contributed by atoms with Crippen molar-refractivity contribution < 1.29 is 14.6 Å². The third-order valence-corrected chi connectivity index (χ3v) is 3.47. The summed E-state index contributed by atoms with van der Waals surface area (Å²) in [5.41, 5.74) is 3.52. The molecule has 0 radical (unpaired) electrons. The third kappa shape index (κ3) is 1.97. The molecule has 0 amide bonds. The number of carboxylic acid groups (broad SMARTS) is 1. The van der Waals surface area contributed by atoms with Gasteiger partial charge in [-0.3, -0.25) is 4.79 Å². The molecule has 19 heavy (non-hydrogen) atoms. The second-order valence-corrected chi connectivity index (χ2v) is 4.80. The quantitative estimate of drug-likeness (QED) is 0.850. The first-order valence-corrected chi connectivity index (χ1v) is 6.21. The van der Waals surface area contributed by atoms with Crippen LogP contribution in [0.4, 0.5) is 0 Å². The van der Waals surface area contributed by atoms with Crippen molar-refractivity contribution in [2.24, 2.45) is 0 Å². The molecular formula is C16H14O3. The van der Waals surface area contributed by atoms with Crippen LogP contribution < -0.4 is 4.74 Å². The highest BCUT2D eigenvalue weighted by Gasteiger charge is 2.30. The fourth-order valence-corrected chi connectivity index (χ4v) is 2.56. The minimum Gasteiger partial charge on any atom is -0.489 e. The van der Waals surface area contributed by atoms with Gasteiger partial charge in [-0.25, -0.2) is 0 Å². The monoisotopic (exact) mass is 254 g/mol. The third-order valence-electron chi connectivity index (χ3n) is 3.47. The molecule has 1 N–H and O–H groups in total. The highest BCUT2D eigenvalue weighted by molar-refractivity contribution is 5.82. The lowest BCUT2D eigenvalue weighted by atomic mass is 9.88. The van der Waals surface area contributed by atoms with Crippen LogP contribution in [0.1, 0.15) is 28.2 Å². The number of hydrogen-bond donors (Lipinski definition) is 1. The summed E-state index contributed by atoms with van der Waals surface area (Å²) in [7, 11) is 0. The summed E-state index contributed by atoms with van der Waals surface area (Å²) in [5.74, 6) is -0.840. The van der Waals surface area contributed by atoms with E-state index in [2.05, 4.69) is 0 Å². The van der Waals surface area contributed by atoms with Gasteiger partial charge in [0.1, 0.15) is 18.3 Å². The van der Waals surface area contributed by atoms with Crippen molar-refractivity contribution in [3.63, 3.8) is 0 Å². The van der Waals surface area contributed by atoms with Gasteiger partial charge in [-0.2, -0.15) is 0 Å². The van der Waals surface area contributed by atoms with Crippen molar-refractivity contribution >= 4 is 5.97 Å². The molecule has 1 aliphatic rings. The lowest BCUT2D eigenvalue weighted by Crippen LogP contribution is -2.13. The van der Waals surface area contributed by atoms with E-state index in [4.69, 9.17) is 4.74 Å². The van der Waals surface area contributed by atoms with E-state index in [1.54, 1.807) is 0 Å². The number of carboxylic acids is 1. The Morgan fingerprint density at radius 3 is 2.79 bits per heavy atom. The van der Waals surface area contributed by atoms with E-state index >= 15 is 0 Å². The highest BCUT2D eigenvalue weighted by Crippen LogP contribution is 2.37. The molecule has 0 aromatic heterocycles. The molecule has 3 nitrogen and oxygen atoms in total. The van der Waals surface area contributed by atoms with Crippen LogP contribution in [-0.4, -0.2) is 11.1 Å². The molecule has 0 bridgehead atoms. The van der Waals surface area contributed by atoms with Gasteiger partial charge in [0.2, 0.25) is 0 Å². The first-order valence-electron chi connectivity index (χ1n) is 6.21. The van der Waals surface area contributed by atoms with Crippen LogP contribution in [0.25, 0.3) is 0 Å². The van der Waals surface area contributed by atoms with E-state index in [1.807, 2.05) is 49.4 Å². The molecule has 0 saturated carbocycles. The zero-order valence-electron chi connectivity index (χ0n) is 10.6. The molecule has 0 fully saturated rings. The Labute approximate surface area is 111 Å². The summed E-state index contributed by atoms with van der Waals surface area (Å²) in [5, 5.41) is 9.59. The van der Waals surface area contributed by atoms with Crippen molar-refractivity contribution in [2.45, 2.75) is 19.4 Å². The molecule has 96 valence electrons. The normalized spacial score (nSPS) is 16.8. The van der Waals surface area contributed by atoms with Crippen LogP contribution in [0.5, 0.6) is 5.75 Å². The first-order chi connectivity index (χ1) is 9.16. The zero-order chi connectivity index (χ0) is 13.4. The Balaban J connectivity index is 2.25. The minimum absolute atomic E-state index is 0.413. The SMILES string of the molecule is Cc1ccc2c(c1)[C@H](C(=O)O)c1ccccc1CO2. The molecule has 0 aliphatic carbocycles. The Morgan fingerprint density at radius 1 is 1.21 bits per heavy atom. The summed E-state index contributed by atoms with van der Waals surface area (Å²) in [6.45, 7) is 2.37. The van der Waals surface area contributed by atoms with Crippen LogP contribution in [0, 0.1) is 6.92 Å². The summed E-state index contributed by atoms with van der Waals surface area (Å²) in [4.78, 5) is 11.7. The van der Waals surface area contributed by atoms with Gasteiger partial charge in [-0.1, -0.05) is 42.0 Å². The van der Waals surface area contributed by atoms with Gasteiger partial charge in [-0.05, 0) is 24.1 Å². The van der Waals surface area contributed by atoms with Gasteiger partial charge in [-0.15, -0.1) is 0 Å². The maximum absolute atomic E-state index is 11.7. The maximum Gasteiger partial charge on any atom is 0.315 e. The largest absolute Gasteiger partial charge is 0.489 e. The van der Waals surface area contributed by atoms with Gasteiger partial charge < -0.3 is 9.84 Å². The van der Waals surface area contributed by atoms with E-state index in [1.165, 1.54) is 0 Å². The van der Waals surface area contributed by atoms with Gasteiger partial charge in [0, 0.05) is 5.56 Å². The van der Waals surface area contributed by atoms with Crippen molar-refractivity contribution in [1.82, 2.24) is 0 Å². The number of aryl methyl sites for hydroxylation is 1. The summed E-state index contributed by atoms with van der Waals surface area (Å²) in [6, 6.07) is 13.3. The van der Waals surface area contributed by atoms with Crippen molar-refractivity contribution in [3.05, 3.63) is 64.7 Å². The lowest BCUT2D eigenvalue weighted by Gasteiger charge is -2.15. The molecule has 3 rings (SSSR count). The fourth-order valence-electron chi connectivity index (χ4n) is 2.56. The second kappa shape index (κ2) is 4.43. The van der Waals surface area contributed by atoms with E-state index in [0.29, 0.717) is 12.4 Å². The minimum atomic E-state index is -0.843. The summed E-state index contributed by atoms with van der Waals surface area (Å²) in [6.07, 6.45) is 0. The predicted molar refractivity (Wildman–Crippen MR) is 71.4 cm³/mol. The van der Waals surface area contributed by atoms with E-state index in [9.17, 15) is 9.90 Å². The molecule has 2 aromatic rings. The smallest absolute Gasteiger partial charge is 0.315 e. The first kappa shape index (κ1) is 11.8. The Morgan fingerprint density at radius 2 is 2.00 bits per heavy atom. The number of aliphatic carboxylic acids is 1. The zero-order valence-corrected chi connectivity index (χ0v) is 10.6. The molecular weight excluding hydrogens is 240 g/mol. The average Bonchev–Trinajstić information content (AvgIpc) is 2.54. The molecule has 0 unspecified atom stereocenters. The number of ether oxygens (including phenoxy) is 1. The second-order valence-electron chi connectivity index (χ2n) is 4.80. The highest BCUT2D eigenvalue weighted by atomic mass is 16.5. The Kier molecular flexibility index (Phi) is 2.75. The number of carbonyl (C=O) groups is 1. The van der Waals surface area contributed by atoms with Crippen LogP contribution in [-0.2, 0) is 11.4 Å². The van der Waals surface area contributed by atoms with Crippen LogP contribution in [0.3, 0.4) is 0 Å². The van der Waals surface area contributed by atoms with Crippen LogP contribution >= 0.6 is 0 Å². The fraction of sp³-hybridized carbons (Fsp3) is 0.188. The summed E-state index contributed by atoms with van der Waals surface area (Å²) < 4.78 is 5.75. The lowest BCUT2D eigenvalue weighted by molar-refractivity contribution is -0.137.